The van der Waals surface area contributed by atoms with E-state index in [1.807, 2.05) is 0 Å². The summed E-state index contributed by atoms with van der Waals surface area (Å²) in [5, 5.41) is 0. The molecule has 0 spiro atoms. The van der Waals surface area contributed by atoms with Crippen LogP contribution in [0.1, 0.15) is 46.2 Å². The highest BCUT2D eigenvalue weighted by Gasteiger charge is 2.41. The molecule has 0 radical (unpaired) electrons. The van der Waals surface area contributed by atoms with Crippen molar-refractivity contribution >= 4 is 0 Å². The van der Waals surface area contributed by atoms with Crippen LogP contribution in [0.5, 0.6) is 0 Å². The third-order valence-electron chi connectivity index (χ3n) is 5.69. The second kappa shape index (κ2) is 5.94. The third kappa shape index (κ3) is 2.21. The minimum absolute atomic E-state index is 0.0216. The molecule has 0 heterocycles. The van der Waals surface area contributed by atoms with Gasteiger partial charge in [0.2, 0.25) is 0 Å². The Morgan fingerprint density at radius 2 is 1.21 bits per heavy atom. The molecule has 120 valence electrons. The Balaban J connectivity index is 2.10. The second-order valence-corrected chi connectivity index (χ2v) is 7.04. The Morgan fingerprint density at radius 1 is 0.667 bits per heavy atom. The van der Waals surface area contributed by atoms with E-state index in [-0.39, 0.29) is 5.41 Å². The second-order valence-electron chi connectivity index (χ2n) is 7.04. The van der Waals surface area contributed by atoms with Crippen LogP contribution in [0.3, 0.4) is 0 Å². The molecule has 0 heteroatoms. The van der Waals surface area contributed by atoms with Crippen LogP contribution in [-0.4, -0.2) is 0 Å². The van der Waals surface area contributed by atoms with Crippen LogP contribution in [0, 0.1) is 13.8 Å². The van der Waals surface area contributed by atoms with Crippen molar-refractivity contribution in [1.82, 2.24) is 0 Å². The van der Waals surface area contributed by atoms with Crippen LogP contribution in [0.15, 0.2) is 72.8 Å². The third-order valence-corrected chi connectivity index (χ3v) is 5.69. The molecule has 0 fully saturated rings. The maximum absolute atomic E-state index is 2.31. The molecular formula is C24H24. The van der Waals surface area contributed by atoms with E-state index in [0.29, 0.717) is 0 Å². The van der Waals surface area contributed by atoms with E-state index in [0.717, 1.165) is 0 Å². The molecule has 0 aliphatic heterocycles. The molecule has 3 aromatic rings. The molecule has 1 aliphatic rings. The number of hydrogen-bond donors (Lipinski definition) is 0. The maximum atomic E-state index is 2.31. The highest BCUT2D eigenvalue weighted by atomic mass is 14.4. The Hall–Kier alpha value is -2.34. The number of benzene rings is 3. The van der Waals surface area contributed by atoms with Crippen molar-refractivity contribution < 1.29 is 0 Å². The molecule has 0 N–H and O–H groups in total. The normalized spacial score (nSPS) is 15.8. The molecule has 0 nitrogen and oxygen atoms in total. The van der Waals surface area contributed by atoms with E-state index in [9.17, 15) is 0 Å². The number of aryl methyl sites for hydroxylation is 2. The molecular weight excluding hydrogens is 288 g/mol. The fourth-order valence-electron chi connectivity index (χ4n) is 4.63. The summed E-state index contributed by atoms with van der Waals surface area (Å²) in [5.41, 5.74) is 8.79. The summed E-state index contributed by atoms with van der Waals surface area (Å²) in [6.07, 6.45) is 3.61. The lowest BCUT2D eigenvalue weighted by Gasteiger charge is -2.42. The van der Waals surface area contributed by atoms with Gasteiger partial charge in [0.25, 0.3) is 0 Å². The zero-order valence-corrected chi connectivity index (χ0v) is 14.5. The lowest BCUT2D eigenvalue weighted by Crippen LogP contribution is -2.35. The predicted octanol–water partition coefficient (Wildman–Crippen LogP) is 5.97. The highest BCUT2D eigenvalue weighted by Crippen LogP contribution is 2.49. The molecule has 3 aromatic carbocycles. The van der Waals surface area contributed by atoms with Crippen LogP contribution in [0.2, 0.25) is 0 Å². The molecule has 4 rings (SSSR count). The summed E-state index contributed by atoms with van der Waals surface area (Å²) in [4.78, 5) is 0. The quantitative estimate of drug-likeness (QED) is 0.546. The molecule has 0 saturated carbocycles. The average molecular weight is 312 g/mol. The van der Waals surface area contributed by atoms with Crippen molar-refractivity contribution in [3.05, 3.63) is 106 Å². The van der Waals surface area contributed by atoms with Crippen molar-refractivity contribution in [2.45, 2.75) is 38.5 Å². The minimum Gasteiger partial charge on any atom is -0.0622 e. The van der Waals surface area contributed by atoms with Gasteiger partial charge >= 0.3 is 0 Å². The topological polar surface area (TPSA) is 0 Å². The average Bonchev–Trinajstić information content (AvgIpc) is 2.66. The van der Waals surface area contributed by atoms with Crippen molar-refractivity contribution in [3.8, 4) is 0 Å². The van der Waals surface area contributed by atoms with E-state index in [1.54, 1.807) is 11.1 Å². The Morgan fingerprint density at radius 3 is 1.79 bits per heavy atom. The van der Waals surface area contributed by atoms with Crippen molar-refractivity contribution in [1.29, 1.82) is 0 Å². The van der Waals surface area contributed by atoms with Gasteiger partial charge < -0.3 is 0 Å². The Bertz CT molecular complexity index is 804. The SMILES string of the molecule is Cc1ccc(C)c2c1CCCC2(c1ccccc1)c1ccccc1. The molecule has 0 amide bonds. The summed E-state index contributed by atoms with van der Waals surface area (Å²) in [7, 11) is 0. The smallest absolute Gasteiger partial charge is 0.0456 e. The first-order valence-corrected chi connectivity index (χ1v) is 8.94. The molecule has 0 bridgehead atoms. The monoisotopic (exact) mass is 312 g/mol. The van der Waals surface area contributed by atoms with Gasteiger partial charge in [-0.25, -0.2) is 0 Å². The molecule has 1 aliphatic carbocycles. The standard InChI is InChI=1S/C24H24/c1-18-15-16-19(2)23-22(18)14-9-17-24(23,20-10-5-3-6-11-20)21-12-7-4-8-13-21/h3-8,10-13,15-16H,9,14,17H2,1-2H3. The number of fused-ring (bicyclic) bond motifs is 1. The predicted molar refractivity (Wildman–Crippen MR) is 102 cm³/mol. The van der Waals surface area contributed by atoms with Gasteiger partial charge in [0, 0.05) is 5.41 Å². The van der Waals surface area contributed by atoms with Gasteiger partial charge in [-0.2, -0.15) is 0 Å². The first kappa shape index (κ1) is 15.2. The van der Waals surface area contributed by atoms with Gasteiger partial charge in [0.15, 0.2) is 0 Å². The molecule has 0 aromatic heterocycles. The van der Waals surface area contributed by atoms with E-state index >= 15 is 0 Å². The lowest BCUT2D eigenvalue weighted by molar-refractivity contribution is 0.493. The summed E-state index contributed by atoms with van der Waals surface area (Å²) < 4.78 is 0. The fourth-order valence-corrected chi connectivity index (χ4v) is 4.63. The number of hydrogen-bond acceptors (Lipinski definition) is 0. The fraction of sp³-hybridized carbons (Fsp3) is 0.250. The molecule has 0 saturated heterocycles. The van der Waals surface area contributed by atoms with E-state index in [2.05, 4.69) is 86.6 Å². The minimum atomic E-state index is -0.0216. The van der Waals surface area contributed by atoms with E-state index in [1.165, 1.54) is 41.5 Å². The summed E-state index contributed by atoms with van der Waals surface area (Å²) in [5.74, 6) is 0. The largest absolute Gasteiger partial charge is 0.0622 e. The summed E-state index contributed by atoms with van der Waals surface area (Å²) in [6.45, 7) is 4.55. The Kier molecular flexibility index (Phi) is 3.76. The Labute approximate surface area is 145 Å². The lowest BCUT2D eigenvalue weighted by atomic mass is 9.60. The van der Waals surface area contributed by atoms with Crippen molar-refractivity contribution in [2.24, 2.45) is 0 Å². The van der Waals surface area contributed by atoms with Gasteiger partial charge in [-0.15, -0.1) is 0 Å². The van der Waals surface area contributed by atoms with Crippen LogP contribution in [-0.2, 0) is 11.8 Å². The van der Waals surface area contributed by atoms with Gasteiger partial charge in [0.05, 0.1) is 0 Å². The zero-order valence-electron chi connectivity index (χ0n) is 14.5. The first-order valence-electron chi connectivity index (χ1n) is 8.94. The highest BCUT2D eigenvalue weighted by molar-refractivity contribution is 5.58. The van der Waals surface area contributed by atoms with Crippen LogP contribution in [0.4, 0.5) is 0 Å². The van der Waals surface area contributed by atoms with Gasteiger partial charge in [-0.1, -0.05) is 72.8 Å². The van der Waals surface area contributed by atoms with Crippen molar-refractivity contribution in [3.63, 3.8) is 0 Å². The van der Waals surface area contributed by atoms with Gasteiger partial charge in [-0.3, -0.25) is 0 Å². The van der Waals surface area contributed by atoms with E-state index < -0.39 is 0 Å². The first-order chi connectivity index (χ1) is 11.7. The molecule has 24 heavy (non-hydrogen) atoms. The van der Waals surface area contributed by atoms with Crippen LogP contribution >= 0.6 is 0 Å². The van der Waals surface area contributed by atoms with E-state index in [4.69, 9.17) is 0 Å². The molecule has 0 atom stereocenters. The van der Waals surface area contributed by atoms with Crippen LogP contribution < -0.4 is 0 Å². The zero-order chi connectivity index (χ0) is 16.6. The molecule has 0 unspecified atom stereocenters. The van der Waals surface area contributed by atoms with Crippen molar-refractivity contribution in [2.75, 3.05) is 0 Å². The summed E-state index contributed by atoms with van der Waals surface area (Å²) >= 11 is 0. The summed E-state index contributed by atoms with van der Waals surface area (Å²) in [6, 6.07) is 26.8. The maximum Gasteiger partial charge on any atom is 0.0456 e. The van der Waals surface area contributed by atoms with Gasteiger partial charge in [0.1, 0.15) is 0 Å². The number of rotatable bonds is 2. The van der Waals surface area contributed by atoms with Gasteiger partial charge in [-0.05, 0) is 66.5 Å². The van der Waals surface area contributed by atoms with Crippen LogP contribution in [0.25, 0.3) is 0 Å².